The number of benzene rings is 2. The van der Waals surface area contributed by atoms with Crippen LogP contribution in [-0.2, 0) is 21.9 Å². The third-order valence-corrected chi connectivity index (χ3v) is 8.67. The van der Waals surface area contributed by atoms with Crippen LogP contribution in [0.25, 0.3) is 10.9 Å². The van der Waals surface area contributed by atoms with Crippen molar-refractivity contribution >= 4 is 26.6 Å². The minimum absolute atomic E-state index is 0.0359. The third kappa shape index (κ3) is 4.28. The Bertz CT molecular complexity index is 1450. The Morgan fingerprint density at radius 1 is 1.17 bits per heavy atom. The summed E-state index contributed by atoms with van der Waals surface area (Å²) in [7, 11) is -3.22. The maximum Gasteiger partial charge on any atom is 0.266 e. The molecule has 1 unspecified atom stereocenters. The van der Waals surface area contributed by atoms with Crippen molar-refractivity contribution in [2.75, 3.05) is 23.4 Å². The first-order valence-electron chi connectivity index (χ1n) is 11.7. The lowest BCUT2D eigenvalue weighted by Crippen LogP contribution is -2.37. The van der Waals surface area contributed by atoms with Gasteiger partial charge in [-0.05, 0) is 32.8 Å². The summed E-state index contributed by atoms with van der Waals surface area (Å²) in [5, 5.41) is 15.2. The van der Waals surface area contributed by atoms with E-state index in [1.54, 1.807) is 19.9 Å². The van der Waals surface area contributed by atoms with Crippen LogP contribution in [0.4, 0.5) is 19.0 Å². The van der Waals surface area contributed by atoms with E-state index in [4.69, 9.17) is 4.74 Å². The number of anilines is 1. The summed E-state index contributed by atoms with van der Waals surface area (Å²) >= 11 is 0. The molecule has 0 aliphatic carbocycles. The number of halogens is 3. The van der Waals surface area contributed by atoms with Crippen LogP contribution in [0.5, 0.6) is 5.75 Å². The van der Waals surface area contributed by atoms with Crippen molar-refractivity contribution in [3.8, 4) is 5.75 Å². The molecular weight excluding hydrogens is 495 g/mol. The van der Waals surface area contributed by atoms with Crippen molar-refractivity contribution in [1.29, 1.82) is 0 Å². The van der Waals surface area contributed by atoms with Gasteiger partial charge in [0, 0.05) is 28.5 Å². The van der Waals surface area contributed by atoms with Crippen molar-refractivity contribution in [3.63, 3.8) is 0 Å². The van der Waals surface area contributed by atoms with Gasteiger partial charge in [-0.3, -0.25) is 0 Å². The van der Waals surface area contributed by atoms with Gasteiger partial charge in [-0.15, -0.1) is 0 Å². The lowest BCUT2D eigenvalue weighted by Gasteiger charge is -2.33. The minimum Gasteiger partial charge on any atom is -0.492 e. The van der Waals surface area contributed by atoms with Gasteiger partial charge in [0.05, 0.1) is 40.8 Å². The summed E-state index contributed by atoms with van der Waals surface area (Å²) in [5.74, 6) is 0.0658. The fraction of sp³-hybridized carbons (Fsp3) is 0.440. The predicted octanol–water partition coefficient (Wildman–Crippen LogP) is 4.52. The molecule has 3 heterocycles. The average Bonchev–Trinajstić information content (AvgIpc) is 3.31. The molecule has 2 aromatic carbocycles. The van der Waals surface area contributed by atoms with Crippen molar-refractivity contribution < 1.29 is 31.4 Å². The van der Waals surface area contributed by atoms with Crippen LogP contribution >= 0.6 is 0 Å². The molecule has 5 rings (SSSR count). The number of sulfone groups is 1. The van der Waals surface area contributed by atoms with Crippen LogP contribution in [-0.4, -0.2) is 41.6 Å². The molecule has 7 nitrogen and oxygen atoms in total. The van der Waals surface area contributed by atoms with Crippen LogP contribution in [0.3, 0.4) is 0 Å². The second-order valence-corrected chi connectivity index (χ2v) is 11.8. The van der Waals surface area contributed by atoms with E-state index in [0.29, 0.717) is 46.9 Å². The van der Waals surface area contributed by atoms with Crippen LogP contribution in [0.2, 0.25) is 0 Å². The van der Waals surface area contributed by atoms with Gasteiger partial charge in [0.25, 0.3) is 6.43 Å². The number of nitrogens with one attached hydrogen (secondary N) is 1. The van der Waals surface area contributed by atoms with Crippen molar-refractivity contribution in [1.82, 2.24) is 9.97 Å². The Labute approximate surface area is 206 Å². The Hall–Kier alpha value is -2.92. The smallest absolute Gasteiger partial charge is 0.266 e. The van der Waals surface area contributed by atoms with Gasteiger partial charge < -0.3 is 15.2 Å². The zero-order chi connectivity index (χ0) is 25.8. The molecule has 0 saturated carbocycles. The number of ether oxygens (including phenoxy) is 1. The summed E-state index contributed by atoms with van der Waals surface area (Å²) in [6.07, 6.45) is -2.32. The molecule has 2 N–H and O–H groups in total. The number of aryl methyl sites for hydroxylation is 1. The molecular formula is C25H26F3N3O4S. The predicted molar refractivity (Wildman–Crippen MR) is 129 cm³/mol. The maximum atomic E-state index is 14.8. The number of rotatable bonds is 5. The van der Waals surface area contributed by atoms with Crippen LogP contribution < -0.4 is 10.1 Å². The van der Waals surface area contributed by atoms with Gasteiger partial charge in [-0.2, -0.15) is 0 Å². The summed E-state index contributed by atoms with van der Waals surface area (Å²) < 4.78 is 71.2. The summed E-state index contributed by atoms with van der Waals surface area (Å²) in [6, 6.07) is 4.88. The number of alkyl halides is 2. The molecule has 3 aromatic rings. The van der Waals surface area contributed by atoms with E-state index in [2.05, 4.69) is 15.3 Å². The lowest BCUT2D eigenvalue weighted by molar-refractivity contribution is 0.0241. The SMILES string of the molecule is Cc1nc(NC(C)c2cccc(C(F)F)c2F)c2cc(C3(O)CCS(=O)(=O)CC3)c3c(c2n1)CCO3. The van der Waals surface area contributed by atoms with Gasteiger partial charge in [-0.25, -0.2) is 31.6 Å². The van der Waals surface area contributed by atoms with Crippen molar-refractivity contribution in [2.24, 2.45) is 0 Å². The second kappa shape index (κ2) is 8.88. The molecule has 0 radical (unpaired) electrons. The standard InChI is InChI=1S/C25H26F3N3O4S/c1-13(15-4-3-5-16(20(15)26)23(27)28)29-24-18-12-19(25(32)7-10-36(33,34)11-8-25)22-17(6-9-35-22)21(18)30-14(2)31-24/h3-5,12-13,23,32H,6-11H2,1-2H3,(H,29,30,31). The number of aliphatic hydroxyl groups is 1. The molecule has 1 saturated heterocycles. The highest BCUT2D eigenvalue weighted by Crippen LogP contribution is 2.46. The average molecular weight is 522 g/mol. The Balaban J connectivity index is 1.62. The molecule has 2 aliphatic heterocycles. The largest absolute Gasteiger partial charge is 0.492 e. The van der Waals surface area contributed by atoms with E-state index in [0.717, 1.165) is 11.6 Å². The van der Waals surface area contributed by atoms with E-state index in [1.165, 1.54) is 12.1 Å². The third-order valence-electron chi connectivity index (χ3n) is 7.02. The number of nitrogens with zero attached hydrogens (tertiary/aromatic N) is 2. The van der Waals surface area contributed by atoms with Crippen molar-refractivity contribution in [2.45, 2.75) is 51.2 Å². The van der Waals surface area contributed by atoms with Crippen LogP contribution in [0.1, 0.15) is 60.3 Å². The van der Waals surface area contributed by atoms with Gasteiger partial charge in [0.1, 0.15) is 23.2 Å². The molecule has 1 atom stereocenters. The monoisotopic (exact) mass is 521 g/mol. The first kappa shape index (κ1) is 24.8. The van der Waals surface area contributed by atoms with Gasteiger partial charge >= 0.3 is 0 Å². The van der Waals surface area contributed by atoms with Gasteiger partial charge in [0.15, 0.2) is 9.84 Å². The maximum absolute atomic E-state index is 14.8. The summed E-state index contributed by atoms with van der Waals surface area (Å²) in [5.41, 5.74) is -0.126. The molecule has 192 valence electrons. The fourth-order valence-corrected chi connectivity index (χ4v) is 6.54. The normalized spacial score (nSPS) is 19.2. The minimum atomic E-state index is -3.22. The number of fused-ring (bicyclic) bond motifs is 3. The molecule has 36 heavy (non-hydrogen) atoms. The number of aromatic nitrogens is 2. The Kier molecular flexibility index (Phi) is 6.11. The van der Waals surface area contributed by atoms with E-state index >= 15 is 0 Å². The first-order valence-corrected chi connectivity index (χ1v) is 13.5. The van der Waals surface area contributed by atoms with Crippen LogP contribution in [0, 0.1) is 12.7 Å². The van der Waals surface area contributed by atoms with E-state index in [9.17, 15) is 26.7 Å². The first-order chi connectivity index (χ1) is 17.0. The number of hydrogen-bond acceptors (Lipinski definition) is 7. The number of hydrogen-bond donors (Lipinski definition) is 2. The Morgan fingerprint density at radius 3 is 2.56 bits per heavy atom. The molecule has 2 aliphatic rings. The second-order valence-electron chi connectivity index (χ2n) is 9.45. The van der Waals surface area contributed by atoms with Gasteiger partial charge in [0.2, 0.25) is 0 Å². The fourth-order valence-electron chi connectivity index (χ4n) is 5.03. The van der Waals surface area contributed by atoms with E-state index in [1.807, 2.05) is 0 Å². The molecule has 0 amide bonds. The molecule has 0 spiro atoms. The quantitative estimate of drug-likeness (QED) is 0.509. The zero-order valence-corrected chi connectivity index (χ0v) is 20.6. The molecule has 1 fully saturated rings. The topological polar surface area (TPSA) is 101 Å². The highest BCUT2D eigenvalue weighted by Gasteiger charge is 2.41. The lowest BCUT2D eigenvalue weighted by atomic mass is 9.85. The van der Waals surface area contributed by atoms with E-state index in [-0.39, 0.29) is 29.9 Å². The molecule has 0 bridgehead atoms. The molecule has 11 heteroatoms. The van der Waals surface area contributed by atoms with Crippen molar-refractivity contribution in [3.05, 3.63) is 58.2 Å². The molecule has 1 aromatic heterocycles. The van der Waals surface area contributed by atoms with Gasteiger partial charge in [-0.1, -0.05) is 18.2 Å². The Morgan fingerprint density at radius 2 is 1.86 bits per heavy atom. The summed E-state index contributed by atoms with van der Waals surface area (Å²) in [6.45, 7) is 3.75. The summed E-state index contributed by atoms with van der Waals surface area (Å²) in [4.78, 5) is 9.09. The zero-order valence-electron chi connectivity index (χ0n) is 19.8. The van der Waals surface area contributed by atoms with Crippen LogP contribution in [0.15, 0.2) is 24.3 Å². The highest BCUT2D eigenvalue weighted by molar-refractivity contribution is 7.91. The highest BCUT2D eigenvalue weighted by atomic mass is 32.2. The van der Waals surface area contributed by atoms with E-state index < -0.39 is 39.3 Å².